The maximum atomic E-state index is 13.2. The number of nitrogens with one attached hydrogen (secondary N) is 3. The molecule has 2 aliphatic rings. The van der Waals surface area contributed by atoms with Gasteiger partial charge in [0.05, 0.1) is 18.3 Å². The molecule has 0 aliphatic carbocycles. The Bertz CT molecular complexity index is 1180. The van der Waals surface area contributed by atoms with Crippen molar-refractivity contribution in [1.82, 2.24) is 25.5 Å². The molecule has 10 nitrogen and oxygen atoms in total. The number of anilines is 2. The minimum atomic E-state index is -0.717. The highest BCUT2D eigenvalue weighted by molar-refractivity contribution is 7.99. The zero-order valence-corrected chi connectivity index (χ0v) is 19.5. The number of hydrogen-bond donors (Lipinski definition) is 3. The second-order valence-corrected chi connectivity index (χ2v) is 9.31. The molecular formula is C23H25N7O3S. The summed E-state index contributed by atoms with van der Waals surface area (Å²) in [5.41, 5.74) is 1.81. The Hall–Kier alpha value is -3.44. The van der Waals surface area contributed by atoms with Crippen LogP contribution in [0.1, 0.15) is 28.4 Å². The van der Waals surface area contributed by atoms with Crippen molar-refractivity contribution < 1.29 is 14.3 Å². The van der Waals surface area contributed by atoms with Gasteiger partial charge >= 0.3 is 0 Å². The van der Waals surface area contributed by atoms with Crippen LogP contribution in [0.25, 0.3) is 0 Å². The molecule has 2 atom stereocenters. The van der Waals surface area contributed by atoms with Crippen molar-refractivity contribution in [3.63, 3.8) is 0 Å². The van der Waals surface area contributed by atoms with E-state index < -0.39 is 11.9 Å². The van der Waals surface area contributed by atoms with E-state index >= 15 is 0 Å². The maximum absolute atomic E-state index is 13.2. The van der Waals surface area contributed by atoms with Gasteiger partial charge in [-0.25, -0.2) is 9.97 Å². The molecular weight excluding hydrogens is 454 g/mol. The number of amides is 2. The molecule has 0 radical (unpaired) electrons. The summed E-state index contributed by atoms with van der Waals surface area (Å²) in [7, 11) is 1.71. The molecule has 2 aliphatic heterocycles. The average Bonchev–Trinajstić information content (AvgIpc) is 3.52. The zero-order chi connectivity index (χ0) is 23.5. The van der Waals surface area contributed by atoms with Crippen LogP contribution in [0.5, 0.6) is 0 Å². The number of likely N-dealkylation sites (N-methyl/N-ethyl adjacent to an activating group) is 1. The number of rotatable bonds is 6. The molecule has 176 valence electrons. The van der Waals surface area contributed by atoms with E-state index in [0.717, 1.165) is 29.2 Å². The molecule has 0 saturated carbocycles. The number of carbonyl (C=O) groups is 2. The van der Waals surface area contributed by atoms with Crippen LogP contribution in [-0.2, 0) is 16.0 Å². The molecule has 0 unspecified atom stereocenters. The third-order valence-electron chi connectivity index (χ3n) is 5.78. The molecule has 1 fully saturated rings. The Balaban J connectivity index is 1.25. The van der Waals surface area contributed by atoms with Gasteiger partial charge in [-0.2, -0.15) is 0 Å². The van der Waals surface area contributed by atoms with Gasteiger partial charge in [-0.3, -0.25) is 14.7 Å². The Labute approximate surface area is 200 Å². The number of ether oxygens (including phenoxy) is 1. The molecule has 3 N–H and O–H groups in total. The third-order valence-corrected chi connectivity index (χ3v) is 6.90. The first kappa shape index (κ1) is 22.4. The van der Waals surface area contributed by atoms with Crippen LogP contribution in [0, 0.1) is 0 Å². The summed E-state index contributed by atoms with van der Waals surface area (Å²) in [6.07, 6.45) is 3.22. The first-order valence-corrected chi connectivity index (χ1v) is 12.1. The van der Waals surface area contributed by atoms with E-state index in [1.54, 1.807) is 18.1 Å². The van der Waals surface area contributed by atoms with Gasteiger partial charge in [-0.1, -0.05) is 30.3 Å². The quantitative estimate of drug-likeness (QED) is 0.489. The molecule has 11 heteroatoms. The van der Waals surface area contributed by atoms with E-state index in [-0.39, 0.29) is 17.8 Å². The second-order valence-electron chi connectivity index (χ2n) is 8.24. The van der Waals surface area contributed by atoms with Crippen molar-refractivity contribution in [2.24, 2.45) is 0 Å². The second kappa shape index (κ2) is 9.82. The van der Waals surface area contributed by atoms with E-state index in [1.807, 2.05) is 36.4 Å². The molecule has 5 rings (SSSR count). The SMILES string of the molecule is CN1C(=O)[C@@H](NC(=O)c2n[nH]c(Cc3ccccc3)n2)CSc2cnc(N[C@H]3CCOC3)cc21. The summed E-state index contributed by atoms with van der Waals surface area (Å²) in [5.74, 6) is 0.982. The van der Waals surface area contributed by atoms with Crippen LogP contribution in [-0.4, -0.2) is 70.1 Å². The van der Waals surface area contributed by atoms with Crippen molar-refractivity contribution in [3.8, 4) is 0 Å². The number of aromatic amines is 1. The number of benzene rings is 1. The summed E-state index contributed by atoms with van der Waals surface area (Å²) >= 11 is 1.48. The van der Waals surface area contributed by atoms with Gasteiger partial charge in [0, 0.05) is 43.0 Å². The summed E-state index contributed by atoms with van der Waals surface area (Å²) in [6, 6.07) is 11.2. The molecule has 2 aromatic heterocycles. The highest BCUT2D eigenvalue weighted by Crippen LogP contribution is 2.35. The van der Waals surface area contributed by atoms with Gasteiger partial charge in [-0.05, 0) is 12.0 Å². The summed E-state index contributed by atoms with van der Waals surface area (Å²) in [5, 5.41) is 13.0. The van der Waals surface area contributed by atoms with Crippen molar-refractivity contribution in [1.29, 1.82) is 0 Å². The molecule has 1 saturated heterocycles. The fourth-order valence-electron chi connectivity index (χ4n) is 3.93. The van der Waals surface area contributed by atoms with Crippen LogP contribution in [0.2, 0.25) is 0 Å². The fraction of sp³-hybridized carbons (Fsp3) is 0.348. The van der Waals surface area contributed by atoms with Gasteiger partial charge < -0.3 is 20.3 Å². The third kappa shape index (κ3) is 4.90. The predicted molar refractivity (Wildman–Crippen MR) is 128 cm³/mol. The van der Waals surface area contributed by atoms with E-state index in [2.05, 4.69) is 30.8 Å². The van der Waals surface area contributed by atoms with Crippen LogP contribution in [0.3, 0.4) is 0 Å². The Kier molecular flexibility index (Phi) is 6.45. The monoisotopic (exact) mass is 479 g/mol. The Morgan fingerprint density at radius 2 is 2.18 bits per heavy atom. The molecule has 2 amide bonds. The predicted octanol–water partition coefficient (Wildman–Crippen LogP) is 1.86. The van der Waals surface area contributed by atoms with Crippen LogP contribution in [0.15, 0.2) is 47.5 Å². The highest BCUT2D eigenvalue weighted by atomic mass is 32.2. The van der Waals surface area contributed by atoms with E-state index in [4.69, 9.17) is 4.74 Å². The summed E-state index contributed by atoms with van der Waals surface area (Å²) in [6.45, 7) is 1.38. The first-order valence-electron chi connectivity index (χ1n) is 11.1. The van der Waals surface area contributed by atoms with Crippen molar-refractivity contribution in [2.45, 2.75) is 29.8 Å². The lowest BCUT2D eigenvalue weighted by Gasteiger charge is -2.22. The highest BCUT2D eigenvalue weighted by Gasteiger charge is 2.31. The largest absolute Gasteiger partial charge is 0.379 e. The topological polar surface area (TPSA) is 125 Å². The van der Waals surface area contributed by atoms with Crippen molar-refractivity contribution in [2.75, 3.05) is 36.2 Å². The molecule has 0 spiro atoms. The number of pyridine rings is 1. The number of aromatic nitrogens is 4. The minimum absolute atomic E-state index is 0.0140. The van der Waals surface area contributed by atoms with Crippen LogP contribution >= 0.6 is 11.8 Å². The molecule has 0 bridgehead atoms. The van der Waals surface area contributed by atoms with Gasteiger partial charge in [0.2, 0.25) is 11.7 Å². The van der Waals surface area contributed by atoms with E-state index in [9.17, 15) is 9.59 Å². The van der Waals surface area contributed by atoms with Gasteiger partial charge in [-0.15, -0.1) is 16.9 Å². The van der Waals surface area contributed by atoms with Gasteiger partial charge in [0.15, 0.2) is 0 Å². The minimum Gasteiger partial charge on any atom is -0.379 e. The number of hydrogen-bond acceptors (Lipinski definition) is 8. The standard InChI is InChI=1S/C23H25N7O3S/c1-30-17-10-19(25-15-7-8-33-12-15)24-11-18(17)34-13-16(23(30)32)26-22(31)21-27-20(28-29-21)9-14-5-3-2-4-6-14/h2-6,10-11,15-16H,7-9,12-13H2,1H3,(H,24,25)(H,26,31)(H,27,28,29)/t15-,16-/m0/s1. The lowest BCUT2D eigenvalue weighted by molar-refractivity contribution is -0.119. The maximum Gasteiger partial charge on any atom is 0.291 e. The average molecular weight is 480 g/mol. The van der Waals surface area contributed by atoms with E-state index in [0.29, 0.717) is 30.4 Å². The molecule has 3 aromatic rings. The van der Waals surface area contributed by atoms with Gasteiger partial charge in [0.25, 0.3) is 5.91 Å². The number of thioether (sulfide) groups is 1. The smallest absolute Gasteiger partial charge is 0.291 e. The van der Waals surface area contributed by atoms with Crippen molar-refractivity contribution in [3.05, 3.63) is 59.8 Å². The zero-order valence-electron chi connectivity index (χ0n) is 18.7. The lowest BCUT2D eigenvalue weighted by atomic mass is 10.1. The number of carbonyl (C=O) groups excluding carboxylic acids is 2. The normalized spacial score (nSPS) is 20.0. The van der Waals surface area contributed by atoms with Crippen molar-refractivity contribution >= 4 is 35.1 Å². The molecule has 34 heavy (non-hydrogen) atoms. The number of nitrogens with zero attached hydrogens (tertiary/aromatic N) is 4. The molecule has 4 heterocycles. The number of fused-ring (bicyclic) bond motifs is 1. The van der Waals surface area contributed by atoms with Gasteiger partial charge in [0.1, 0.15) is 17.7 Å². The first-order chi connectivity index (χ1) is 16.6. The Morgan fingerprint density at radius 3 is 2.97 bits per heavy atom. The molecule has 1 aromatic carbocycles. The summed E-state index contributed by atoms with van der Waals surface area (Å²) < 4.78 is 5.41. The number of H-pyrrole nitrogens is 1. The van der Waals surface area contributed by atoms with Crippen LogP contribution in [0.4, 0.5) is 11.5 Å². The Morgan fingerprint density at radius 1 is 1.32 bits per heavy atom. The summed E-state index contributed by atoms with van der Waals surface area (Å²) in [4.78, 5) is 37.2. The lowest BCUT2D eigenvalue weighted by Crippen LogP contribution is -2.48. The van der Waals surface area contributed by atoms with Crippen LogP contribution < -0.4 is 15.5 Å². The fourth-order valence-corrected chi connectivity index (χ4v) is 4.97. The van der Waals surface area contributed by atoms with E-state index in [1.165, 1.54) is 11.8 Å².